The van der Waals surface area contributed by atoms with Gasteiger partial charge in [-0.3, -0.25) is 9.67 Å². The number of aromatic amines is 1. The van der Waals surface area contributed by atoms with Gasteiger partial charge in [0.05, 0.1) is 11.0 Å². The number of para-hydroxylation sites is 2. The lowest BCUT2D eigenvalue weighted by atomic mass is 9.97. The van der Waals surface area contributed by atoms with Crippen LogP contribution in [0.15, 0.2) is 30.6 Å². The third-order valence-corrected chi connectivity index (χ3v) is 4.61. The first-order chi connectivity index (χ1) is 9.40. The van der Waals surface area contributed by atoms with Crippen molar-refractivity contribution in [3.8, 4) is 5.82 Å². The van der Waals surface area contributed by atoms with Gasteiger partial charge in [0.25, 0.3) is 0 Å². The van der Waals surface area contributed by atoms with E-state index in [1.54, 1.807) is 0 Å². The van der Waals surface area contributed by atoms with Crippen molar-refractivity contribution >= 4 is 11.0 Å². The molecule has 0 bridgehead atoms. The topological polar surface area (TPSA) is 46.5 Å². The molecule has 0 saturated heterocycles. The molecule has 2 aliphatic rings. The summed E-state index contributed by atoms with van der Waals surface area (Å²) in [5, 5.41) is 7.78. The van der Waals surface area contributed by atoms with E-state index in [2.05, 4.69) is 31.9 Å². The molecule has 2 atom stereocenters. The molecule has 1 saturated carbocycles. The van der Waals surface area contributed by atoms with Gasteiger partial charge in [-0.05, 0) is 43.2 Å². The third-order valence-electron chi connectivity index (χ3n) is 4.61. The van der Waals surface area contributed by atoms with Gasteiger partial charge in [-0.2, -0.15) is 5.10 Å². The number of hydrogen-bond acceptors (Lipinski definition) is 2. The van der Waals surface area contributed by atoms with Crippen LogP contribution in [0.5, 0.6) is 0 Å². The number of nitrogens with one attached hydrogen (secondary N) is 1. The van der Waals surface area contributed by atoms with Crippen molar-refractivity contribution in [1.82, 2.24) is 19.7 Å². The van der Waals surface area contributed by atoms with Crippen molar-refractivity contribution in [3.05, 3.63) is 41.9 Å². The highest BCUT2D eigenvalue weighted by Gasteiger charge is 2.42. The van der Waals surface area contributed by atoms with Crippen LogP contribution in [0, 0.1) is 11.8 Å². The smallest absolute Gasteiger partial charge is 0.163 e. The van der Waals surface area contributed by atoms with Crippen molar-refractivity contribution in [2.75, 3.05) is 0 Å². The molecule has 2 aliphatic carbocycles. The summed E-state index contributed by atoms with van der Waals surface area (Å²) in [6.07, 6.45) is 5.64. The van der Waals surface area contributed by atoms with Crippen LogP contribution in [0.4, 0.5) is 0 Å². The SMILES string of the molecule is c1ccc2c(c1)ncn2-c1n[nH]c2c1CC1CC1C2. The van der Waals surface area contributed by atoms with Crippen LogP contribution in [-0.4, -0.2) is 19.7 Å². The minimum absolute atomic E-state index is 0.902. The number of benzene rings is 1. The Morgan fingerprint density at radius 3 is 3.05 bits per heavy atom. The molecule has 2 heterocycles. The minimum atomic E-state index is 0.902. The number of rotatable bonds is 1. The van der Waals surface area contributed by atoms with Gasteiger partial charge in [0.1, 0.15) is 6.33 Å². The van der Waals surface area contributed by atoms with Crippen LogP contribution in [-0.2, 0) is 12.8 Å². The molecule has 0 aliphatic heterocycles. The summed E-state index contributed by atoms with van der Waals surface area (Å²) in [4.78, 5) is 4.46. The first-order valence-electron chi connectivity index (χ1n) is 6.89. The molecule has 5 rings (SSSR count). The number of nitrogens with zero attached hydrogens (tertiary/aromatic N) is 3. The fourth-order valence-corrected chi connectivity index (χ4v) is 3.44. The van der Waals surface area contributed by atoms with E-state index < -0.39 is 0 Å². The Balaban J connectivity index is 1.72. The first-order valence-corrected chi connectivity index (χ1v) is 6.89. The summed E-state index contributed by atoms with van der Waals surface area (Å²) >= 11 is 0. The van der Waals surface area contributed by atoms with E-state index in [9.17, 15) is 0 Å². The van der Waals surface area contributed by atoms with Crippen molar-refractivity contribution in [3.63, 3.8) is 0 Å². The quantitative estimate of drug-likeness (QED) is 0.721. The van der Waals surface area contributed by atoms with Gasteiger partial charge in [-0.15, -0.1) is 0 Å². The van der Waals surface area contributed by atoms with Crippen molar-refractivity contribution in [2.45, 2.75) is 19.3 Å². The maximum Gasteiger partial charge on any atom is 0.163 e. The molecule has 0 spiro atoms. The van der Waals surface area contributed by atoms with Crippen LogP contribution >= 0.6 is 0 Å². The van der Waals surface area contributed by atoms with E-state index in [-0.39, 0.29) is 0 Å². The standard InChI is InChI=1S/C15H14N4/c1-2-4-14-12(3-1)16-8-19(14)15-11-6-9-5-10(9)7-13(11)17-18-15/h1-4,8-10H,5-7H2,(H,17,18). The van der Waals surface area contributed by atoms with Gasteiger partial charge in [-0.1, -0.05) is 12.1 Å². The summed E-state index contributed by atoms with van der Waals surface area (Å²) in [5.41, 5.74) is 4.91. The van der Waals surface area contributed by atoms with Crippen LogP contribution in [0.2, 0.25) is 0 Å². The van der Waals surface area contributed by atoms with Crippen LogP contribution in [0.3, 0.4) is 0 Å². The van der Waals surface area contributed by atoms with Crippen LogP contribution < -0.4 is 0 Å². The number of H-pyrrole nitrogens is 1. The number of hydrogen-bond donors (Lipinski definition) is 1. The fraction of sp³-hybridized carbons (Fsp3) is 0.333. The number of fused-ring (bicyclic) bond motifs is 3. The summed E-state index contributed by atoms with van der Waals surface area (Å²) < 4.78 is 2.12. The highest BCUT2D eigenvalue weighted by atomic mass is 15.2. The second-order valence-corrected chi connectivity index (χ2v) is 5.77. The average molecular weight is 250 g/mol. The highest BCUT2D eigenvalue weighted by molar-refractivity contribution is 5.77. The molecule has 2 aromatic heterocycles. The number of aromatic nitrogens is 4. The molecule has 4 nitrogen and oxygen atoms in total. The van der Waals surface area contributed by atoms with Crippen LogP contribution in [0.1, 0.15) is 17.7 Å². The van der Waals surface area contributed by atoms with E-state index >= 15 is 0 Å². The molecular formula is C15H14N4. The maximum atomic E-state index is 4.54. The van der Waals surface area contributed by atoms with Gasteiger partial charge in [0.15, 0.2) is 5.82 Å². The van der Waals surface area contributed by atoms with Gasteiger partial charge in [0, 0.05) is 11.3 Å². The average Bonchev–Trinajstić information content (AvgIpc) is 2.88. The van der Waals surface area contributed by atoms with Gasteiger partial charge in [0.2, 0.25) is 0 Å². The molecule has 4 heteroatoms. The molecular weight excluding hydrogens is 236 g/mol. The maximum absolute atomic E-state index is 4.54. The minimum Gasteiger partial charge on any atom is -0.281 e. The van der Waals surface area contributed by atoms with Crippen molar-refractivity contribution in [1.29, 1.82) is 0 Å². The normalized spacial score (nSPS) is 24.2. The van der Waals surface area contributed by atoms with Crippen molar-refractivity contribution in [2.24, 2.45) is 11.8 Å². The number of imidazole rings is 1. The lowest BCUT2D eigenvalue weighted by Crippen LogP contribution is -2.06. The lowest BCUT2D eigenvalue weighted by Gasteiger charge is -2.11. The lowest BCUT2D eigenvalue weighted by molar-refractivity contribution is 0.638. The summed E-state index contributed by atoms with van der Waals surface area (Å²) in [7, 11) is 0. The summed E-state index contributed by atoms with van der Waals surface area (Å²) in [5.74, 6) is 2.87. The second kappa shape index (κ2) is 3.26. The van der Waals surface area contributed by atoms with Gasteiger partial charge >= 0.3 is 0 Å². The molecule has 0 radical (unpaired) electrons. The predicted molar refractivity (Wildman–Crippen MR) is 72.2 cm³/mol. The van der Waals surface area contributed by atoms with Gasteiger partial charge in [-0.25, -0.2) is 4.98 Å². The zero-order valence-corrected chi connectivity index (χ0v) is 10.5. The Bertz CT molecular complexity index is 782. The Labute approximate surface area is 110 Å². The monoisotopic (exact) mass is 250 g/mol. The predicted octanol–water partition coefficient (Wildman–Crippen LogP) is 2.48. The van der Waals surface area contributed by atoms with E-state index in [1.165, 1.54) is 30.5 Å². The molecule has 19 heavy (non-hydrogen) atoms. The van der Waals surface area contributed by atoms with E-state index in [1.807, 2.05) is 18.5 Å². The summed E-state index contributed by atoms with van der Waals surface area (Å²) in [6.45, 7) is 0. The highest BCUT2D eigenvalue weighted by Crippen LogP contribution is 2.48. The molecule has 2 unspecified atom stereocenters. The third kappa shape index (κ3) is 1.28. The van der Waals surface area contributed by atoms with E-state index in [0.29, 0.717) is 0 Å². The fourth-order valence-electron chi connectivity index (χ4n) is 3.44. The van der Waals surface area contributed by atoms with E-state index in [4.69, 9.17) is 0 Å². The Hall–Kier alpha value is -2.10. The van der Waals surface area contributed by atoms with Gasteiger partial charge < -0.3 is 0 Å². The van der Waals surface area contributed by atoms with E-state index in [0.717, 1.165) is 28.7 Å². The molecule has 1 aromatic carbocycles. The van der Waals surface area contributed by atoms with Crippen molar-refractivity contribution < 1.29 is 0 Å². The summed E-state index contributed by atoms with van der Waals surface area (Å²) in [6, 6.07) is 8.22. The molecule has 94 valence electrons. The zero-order chi connectivity index (χ0) is 12.4. The zero-order valence-electron chi connectivity index (χ0n) is 10.5. The molecule has 1 N–H and O–H groups in total. The Morgan fingerprint density at radius 1 is 1.16 bits per heavy atom. The molecule has 1 fully saturated rings. The first kappa shape index (κ1) is 9.78. The molecule has 3 aromatic rings. The largest absolute Gasteiger partial charge is 0.281 e. The second-order valence-electron chi connectivity index (χ2n) is 5.77. The Morgan fingerprint density at radius 2 is 2.05 bits per heavy atom. The Kier molecular flexibility index (Phi) is 1.68. The molecule has 0 amide bonds. The van der Waals surface area contributed by atoms with Crippen LogP contribution in [0.25, 0.3) is 16.9 Å².